The Balaban J connectivity index is 3.11. The normalized spacial score (nSPS) is 10.3. The summed E-state index contributed by atoms with van der Waals surface area (Å²) in [7, 11) is 0. The van der Waals surface area contributed by atoms with Crippen molar-refractivity contribution in [1.29, 1.82) is 0 Å². The zero-order valence-corrected chi connectivity index (χ0v) is 6.36. The molecule has 1 heterocycles. The Kier molecular flexibility index (Phi) is 2.49. The van der Waals surface area contributed by atoms with E-state index < -0.39 is 0 Å². The van der Waals surface area contributed by atoms with Crippen LogP contribution in [0.2, 0.25) is 0 Å². The van der Waals surface area contributed by atoms with E-state index in [2.05, 4.69) is 21.5 Å². The molecule has 0 aliphatic rings. The minimum atomic E-state index is 0.616. The SMILES string of the molecule is C=Cc1nccnc1N=CC. The van der Waals surface area contributed by atoms with Crippen molar-refractivity contribution in [3.63, 3.8) is 0 Å². The molecule has 0 fully saturated rings. The third-order valence-corrected chi connectivity index (χ3v) is 1.15. The van der Waals surface area contributed by atoms with E-state index in [1.54, 1.807) is 24.7 Å². The molecule has 0 N–H and O–H groups in total. The summed E-state index contributed by atoms with van der Waals surface area (Å²) in [5.74, 6) is 0.616. The highest BCUT2D eigenvalue weighted by atomic mass is 14.9. The number of aliphatic imine (C=N–C) groups is 1. The smallest absolute Gasteiger partial charge is 0.177 e. The van der Waals surface area contributed by atoms with Crippen molar-refractivity contribution in [3.05, 3.63) is 24.7 Å². The molecule has 3 heteroatoms. The highest BCUT2D eigenvalue weighted by Crippen LogP contribution is 2.11. The molecular weight excluding hydrogens is 138 g/mol. The summed E-state index contributed by atoms with van der Waals surface area (Å²) in [5.41, 5.74) is 0.714. The van der Waals surface area contributed by atoms with E-state index in [9.17, 15) is 0 Å². The van der Waals surface area contributed by atoms with Crippen LogP contribution in [0, 0.1) is 0 Å². The second-order valence-electron chi connectivity index (χ2n) is 1.86. The van der Waals surface area contributed by atoms with Gasteiger partial charge in [-0.1, -0.05) is 6.58 Å². The first kappa shape index (κ1) is 7.60. The molecule has 0 bridgehead atoms. The maximum Gasteiger partial charge on any atom is 0.177 e. The molecule has 0 spiro atoms. The first-order valence-corrected chi connectivity index (χ1v) is 3.30. The van der Waals surface area contributed by atoms with E-state index in [0.29, 0.717) is 11.5 Å². The van der Waals surface area contributed by atoms with E-state index >= 15 is 0 Å². The van der Waals surface area contributed by atoms with Crippen LogP contribution in [0.5, 0.6) is 0 Å². The Bertz CT molecular complexity index is 278. The van der Waals surface area contributed by atoms with Crippen molar-refractivity contribution in [2.24, 2.45) is 4.99 Å². The van der Waals surface area contributed by atoms with Crippen LogP contribution in [0.15, 0.2) is 24.0 Å². The molecule has 56 valence electrons. The molecule has 0 atom stereocenters. The zero-order chi connectivity index (χ0) is 8.10. The molecule has 1 rings (SSSR count). The molecule has 0 radical (unpaired) electrons. The number of nitrogens with zero attached hydrogens (tertiary/aromatic N) is 3. The maximum atomic E-state index is 4.02. The van der Waals surface area contributed by atoms with Crippen molar-refractivity contribution in [1.82, 2.24) is 9.97 Å². The van der Waals surface area contributed by atoms with Crippen molar-refractivity contribution < 1.29 is 0 Å². The lowest BCUT2D eigenvalue weighted by Gasteiger charge is -1.94. The Morgan fingerprint density at radius 2 is 2.18 bits per heavy atom. The van der Waals surface area contributed by atoms with Crippen molar-refractivity contribution in [2.75, 3.05) is 0 Å². The molecule has 0 unspecified atom stereocenters. The van der Waals surface area contributed by atoms with Crippen molar-refractivity contribution in [2.45, 2.75) is 6.92 Å². The van der Waals surface area contributed by atoms with E-state index in [1.165, 1.54) is 0 Å². The largest absolute Gasteiger partial charge is 0.251 e. The Morgan fingerprint density at radius 1 is 1.45 bits per heavy atom. The highest BCUT2D eigenvalue weighted by Gasteiger charge is 1.95. The maximum absolute atomic E-state index is 4.02. The van der Waals surface area contributed by atoms with E-state index in [-0.39, 0.29) is 0 Å². The van der Waals surface area contributed by atoms with Crippen molar-refractivity contribution in [3.8, 4) is 0 Å². The van der Waals surface area contributed by atoms with Crippen LogP contribution in [-0.2, 0) is 0 Å². The molecule has 0 saturated carbocycles. The topological polar surface area (TPSA) is 38.1 Å². The van der Waals surface area contributed by atoms with Gasteiger partial charge in [0.2, 0.25) is 0 Å². The van der Waals surface area contributed by atoms with Crippen LogP contribution in [0.1, 0.15) is 12.6 Å². The van der Waals surface area contributed by atoms with Gasteiger partial charge in [0.25, 0.3) is 0 Å². The third-order valence-electron chi connectivity index (χ3n) is 1.15. The lowest BCUT2D eigenvalue weighted by atomic mass is 10.4. The standard InChI is InChI=1S/C8H9N3/c1-3-7-8(9-4-2)11-6-5-10-7/h3-6H,1H2,2H3. The summed E-state index contributed by atoms with van der Waals surface area (Å²) in [6.07, 6.45) is 6.54. The predicted octanol–water partition coefficient (Wildman–Crippen LogP) is 1.84. The van der Waals surface area contributed by atoms with Crippen LogP contribution in [0.3, 0.4) is 0 Å². The summed E-state index contributed by atoms with van der Waals surface area (Å²) in [6.45, 7) is 5.43. The molecular formula is C8H9N3. The van der Waals surface area contributed by atoms with Crippen LogP contribution in [0.25, 0.3) is 6.08 Å². The van der Waals surface area contributed by atoms with Gasteiger partial charge in [0.15, 0.2) is 5.82 Å². The fourth-order valence-corrected chi connectivity index (χ4v) is 0.707. The molecule has 0 aliphatic heterocycles. The first-order valence-electron chi connectivity index (χ1n) is 3.30. The molecule has 0 aromatic carbocycles. The molecule has 11 heavy (non-hydrogen) atoms. The lowest BCUT2D eigenvalue weighted by Crippen LogP contribution is -1.83. The quantitative estimate of drug-likeness (QED) is 0.598. The summed E-state index contributed by atoms with van der Waals surface area (Å²) < 4.78 is 0. The third kappa shape index (κ3) is 1.70. The molecule has 0 saturated heterocycles. The minimum Gasteiger partial charge on any atom is -0.251 e. The molecule has 0 amide bonds. The van der Waals surface area contributed by atoms with E-state index in [0.717, 1.165) is 0 Å². The van der Waals surface area contributed by atoms with Gasteiger partial charge in [0.05, 0.1) is 0 Å². The number of rotatable bonds is 2. The first-order chi connectivity index (χ1) is 5.38. The molecule has 1 aromatic rings. The fraction of sp³-hybridized carbons (Fsp3) is 0.125. The van der Waals surface area contributed by atoms with E-state index in [1.807, 2.05) is 6.92 Å². The predicted molar refractivity (Wildman–Crippen MR) is 45.9 cm³/mol. The van der Waals surface area contributed by atoms with Crippen LogP contribution >= 0.6 is 0 Å². The van der Waals surface area contributed by atoms with Gasteiger partial charge in [0.1, 0.15) is 5.69 Å². The highest BCUT2D eigenvalue weighted by molar-refractivity contribution is 5.63. The van der Waals surface area contributed by atoms with Gasteiger partial charge in [0, 0.05) is 18.6 Å². The van der Waals surface area contributed by atoms with Crippen LogP contribution in [0.4, 0.5) is 5.82 Å². The van der Waals surface area contributed by atoms with Gasteiger partial charge >= 0.3 is 0 Å². The molecule has 1 aromatic heterocycles. The van der Waals surface area contributed by atoms with Gasteiger partial charge in [-0.25, -0.2) is 9.98 Å². The Hall–Kier alpha value is -1.51. The van der Waals surface area contributed by atoms with Crippen LogP contribution < -0.4 is 0 Å². The summed E-state index contributed by atoms with van der Waals surface area (Å²) in [4.78, 5) is 12.0. The van der Waals surface area contributed by atoms with Gasteiger partial charge in [-0.3, -0.25) is 4.98 Å². The van der Waals surface area contributed by atoms with Gasteiger partial charge in [-0.2, -0.15) is 0 Å². The number of hydrogen-bond acceptors (Lipinski definition) is 3. The lowest BCUT2D eigenvalue weighted by molar-refractivity contribution is 1.16. The fourth-order valence-electron chi connectivity index (χ4n) is 0.707. The minimum absolute atomic E-state index is 0.616. The van der Waals surface area contributed by atoms with E-state index in [4.69, 9.17) is 0 Å². The second-order valence-corrected chi connectivity index (χ2v) is 1.86. The average Bonchev–Trinajstić information content (AvgIpc) is 2.06. The van der Waals surface area contributed by atoms with Gasteiger partial charge < -0.3 is 0 Å². The molecule has 3 nitrogen and oxygen atoms in total. The van der Waals surface area contributed by atoms with Crippen LogP contribution in [-0.4, -0.2) is 16.2 Å². The van der Waals surface area contributed by atoms with Gasteiger partial charge in [-0.05, 0) is 13.0 Å². The number of hydrogen-bond donors (Lipinski definition) is 0. The zero-order valence-electron chi connectivity index (χ0n) is 6.36. The summed E-state index contributed by atoms with van der Waals surface area (Å²) in [6, 6.07) is 0. The number of aromatic nitrogens is 2. The Labute approximate surface area is 65.5 Å². The summed E-state index contributed by atoms with van der Waals surface area (Å²) in [5, 5.41) is 0. The Morgan fingerprint density at radius 3 is 2.82 bits per heavy atom. The summed E-state index contributed by atoms with van der Waals surface area (Å²) >= 11 is 0. The van der Waals surface area contributed by atoms with Crippen molar-refractivity contribution >= 4 is 18.1 Å². The second kappa shape index (κ2) is 3.61. The molecule has 0 aliphatic carbocycles. The average molecular weight is 147 g/mol. The monoisotopic (exact) mass is 147 g/mol. The van der Waals surface area contributed by atoms with Gasteiger partial charge in [-0.15, -0.1) is 0 Å².